The highest BCUT2D eigenvalue weighted by atomic mass is 16.3. The smallest absolute Gasteiger partial charge is 0.0758 e. The predicted molar refractivity (Wildman–Crippen MR) is 62.8 cm³/mol. The van der Waals surface area contributed by atoms with Crippen molar-refractivity contribution in [1.82, 2.24) is 9.88 Å². The minimum Gasteiger partial charge on any atom is -0.389 e. The first-order chi connectivity index (χ1) is 7.62. The van der Waals surface area contributed by atoms with Crippen LogP contribution in [0.3, 0.4) is 0 Å². The lowest BCUT2D eigenvalue weighted by molar-refractivity contribution is 0.0626. The molecule has 0 amide bonds. The second-order valence-electron chi connectivity index (χ2n) is 4.76. The Kier molecular flexibility index (Phi) is 3.23. The largest absolute Gasteiger partial charge is 0.389 e. The highest BCUT2D eigenvalue weighted by Crippen LogP contribution is 2.28. The molecule has 1 fully saturated rings. The normalized spacial score (nSPS) is 28.2. The maximum atomic E-state index is 9.96. The number of aromatic nitrogens is 1. The molecular weight excluding hydrogens is 202 g/mol. The Morgan fingerprint density at radius 1 is 1.69 bits per heavy atom. The average Bonchev–Trinajstić information content (AvgIpc) is 2.62. The summed E-state index contributed by atoms with van der Waals surface area (Å²) in [6.07, 6.45) is 4.42. The summed E-state index contributed by atoms with van der Waals surface area (Å²) >= 11 is 0. The lowest BCUT2D eigenvalue weighted by Crippen LogP contribution is -2.35. The number of aliphatic hydroxyl groups is 1. The molecule has 3 N–H and O–H groups in total. The Labute approximate surface area is 96.1 Å². The Morgan fingerprint density at radius 3 is 3.00 bits per heavy atom. The minimum absolute atomic E-state index is 0.169. The molecule has 2 unspecified atom stereocenters. The molecule has 0 saturated carbocycles. The van der Waals surface area contributed by atoms with Crippen LogP contribution in [0.5, 0.6) is 0 Å². The van der Waals surface area contributed by atoms with Crippen molar-refractivity contribution in [3.05, 3.63) is 30.1 Å². The minimum atomic E-state index is -0.574. The van der Waals surface area contributed by atoms with Crippen molar-refractivity contribution in [2.45, 2.75) is 25.0 Å². The summed E-state index contributed by atoms with van der Waals surface area (Å²) in [5, 5.41) is 9.96. The molecule has 0 aliphatic carbocycles. The van der Waals surface area contributed by atoms with Gasteiger partial charge in [0.25, 0.3) is 0 Å². The molecule has 16 heavy (non-hydrogen) atoms. The first kappa shape index (κ1) is 11.5. The first-order valence-corrected chi connectivity index (χ1v) is 5.69. The van der Waals surface area contributed by atoms with Gasteiger partial charge in [-0.25, -0.2) is 0 Å². The van der Waals surface area contributed by atoms with Gasteiger partial charge in [0.1, 0.15) is 0 Å². The molecule has 1 aliphatic rings. The zero-order valence-corrected chi connectivity index (χ0v) is 9.63. The van der Waals surface area contributed by atoms with Crippen LogP contribution in [0.2, 0.25) is 0 Å². The standard InChI is InChI=1S/C12H19N3O/c1-12(16)4-6-15(9-12)11(7-13)10-3-2-5-14-8-10/h2-3,5,8,11,16H,4,6-7,9,13H2,1H3. The molecule has 0 bridgehead atoms. The summed E-state index contributed by atoms with van der Waals surface area (Å²) in [7, 11) is 0. The molecule has 4 nitrogen and oxygen atoms in total. The van der Waals surface area contributed by atoms with Crippen LogP contribution in [0.15, 0.2) is 24.5 Å². The van der Waals surface area contributed by atoms with E-state index in [0.717, 1.165) is 18.5 Å². The number of hydrogen-bond acceptors (Lipinski definition) is 4. The van der Waals surface area contributed by atoms with Crippen LogP contribution in [-0.4, -0.2) is 40.2 Å². The summed E-state index contributed by atoms with van der Waals surface area (Å²) in [5.41, 5.74) is 6.38. The number of β-amino-alcohol motifs (C(OH)–C–C–N with tert-alkyl or cyclic N) is 1. The zero-order valence-electron chi connectivity index (χ0n) is 9.63. The van der Waals surface area contributed by atoms with Gasteiger partial charge in [-0.3, -0.25) is 9.88 Å². The van der Waals surface area contributed by atoms with Gasteiger partial charge >= 0.3 is 0 Å². The Bertz CT molecular complexity index is 339. The Morgan fingerprint density at radius 2 is 2.50 bits per heavy atom. The maximum Gasteiger partial charge on any atom is 0.0758 e. The fourth-order valence-electron chi connectivity index (χ4n) is 2.32. The number of hydrogen-bond donors (Lipinski definition) is 2. The van der Waals surface area contributed by atoms with Crippen LogP contribution in [0, 0.1) is 0 Å². The van der Waals surface area contributed by atoms with E-state index in [-0.39, 0.29) is 6.04 Å². The summed E-state index contributed by atoms with van der Waals surface area (Å²) in [4.78, 5) is 6.35. The molecule has 0 spiro atoms. The van der Waals surface area contributed by atoms with Gasteiger partial charge in [0.2, 0.25) is 0 Å². The van der Waals surface area contributed by atoms with Crippen molar-refractivity contribution in [3.8, 4) is 0 Å². The van der Waals surface area contributed by atoms with Crippen molar-refractivity contribution >= 4 is 0 Å². The van der Waals surface area contributed by atoms with Crippen LogP contribution >= 0.6 is 0 Å². The second kappa shape index (κ2) is 4.49. The highest BCUT2D eigenvalue weighted by molar-refractivity contribution is 5.15. The third-order valence-electron chi connectivity index (χ3n) is 3.21. The van der Waals surface area contributed by atoms with E-state index in [1.165, 1.54) is 0 Å². The molecule has 0 radical (unpaired) electrons. The molecule has 1 aromatic heterocycles. The zero-order chi connectivity index (χ0) is 11.6. The SMILES string of the molecule is CC1(O)CCN(C(CN)c2cccnc2)C1. The fourth-order valence-corrected chi connectivity index (χ4v) is 2.32. The van der Waals surface area contributed by atoms with Crippen molar-refractivity contribution in [2.75, 3.05) is 19.6 Å². The number of nitrogens with zero attached hydrogens (tertiary/aromatic N) is 2. The highest BCUT2D eigenvalue weighted by Gasteiger charge is 2.35. The number of rotatable bonds is 3. The molecule has 0 aromatic carbocycles. The lowest BCUT2D eigenvalue weighted by atomic mass is 10.1. The molecule has 4 heteroatoms. The van der Waals surface area contributed by atoms with Gasteiger partial charge in [-0.15, -0.1) is 0 Å². The van der Waals surface area contributed by atoms with Gasteiger partial charge in [0.05, 0.1) is 5.60 Å². The van der Waals surface area contributed by atoms with Crippen molar-refractivity contribution < 1.29 is 5.11 Å². The van der Waals surface area contributed by atoms with E-state index in [2.05, 4.69) is 9.88 Å². The van der Waals surface area contributed by atoms with E-state index in [9.17, 15) is 5.11 Å². The predicted octanol–water partition coefficient (Wildman–Crippen LogP) is 0.538. The average molecular weight is 221 g/mol. The summed E-state index contributed by atoms with van der Waals surface area (Å²) in [6.45, 7) is 4.01. The van der Waals surface area contributed by atoms with E-state index >= 15 is 0 Å². The van der Waals surface area contributed by atoms with E-state index in [4.69, 9.17) is 5.73 Å². The number of nitrogens with two attached hydrogens (primary N) is 1. The van der Waals surface area contributed by atoms with E-state index < -0.39 is 5.60 Å². The molecule has 2 atom stereocenters. The van der Waals surface area contributed by atoms with Crippen molar-refractivity contribution in [3.63, 3.8) is 0 Å². The topological polar surface area (TPSA) is 62.4 Å². The molecule has 2 rings (SSSR count). The third kappa shape index (κ3) is 2.40. The second-order valence-corrected chi connectivity index (χ2v) is 4.76. The van der Waals surface area contributed by atoms with Crippen LogP contribution in [-0.2, 0) is 0 Å². The molecule has 2 heterocycles. The number of likely N-dealkylation sites (tertiary alicyclic amines) is 1. The molecule has 1 aliphatic heterocycles. The third-order valence-corrected chi connectivity index (χ3v) is 3.21. The summed E-state index contributed by atoms with van der Waals surface area (Å²) < 4.78 is 0. The van der Waals surface area contributed by atoms with Gasteiger partial charge in [0.15, 0.2) is 0 Å². The van der Waals surface area contributed by atoms with E-state index in [1.807, 2.05) is 25.3 Å². The quantitative estimate of drug-likeness (QED) is 0.782. The van der Waals surface area contributed by atoms with Crippen LogP contribution in [0.4, 0.5) is 0 Å². The van der Waals surface area contributed by atoms with E-state index in [1.54, 1.807) is 6.20 Å². The fraction of sp³-hybridized carbons (Fsp3) is 0.583. The van der Waals surface area contributed by atoms with Gasteiger partial charge in [-0.1, -0.05) is 6.07 Å². The number of pyridine rings is 1. The Balaban J connectivity index is 2.13. The van der Waals surface area contributed by atoms with Gasteiger partial charge in [-0.05, 0) is 25.0 Å². The van der Waals surface area contributed by atoms with E-state index in [0.29, 0.717) is 13.1 Å². The maximum absolute atomic E-state index is 9.96. The van der Waals surface area contributed by atoms with Crippen LogP contribution in [0.25, 0.3) is 0 Å². The monoisotopic (exact) mass is 221 g/mol. The lowest BCUT2D eigenvalue weighted by Gasteiger charge is -2.27. The van der Waals surface area contributed by atoms with Gasteiger partial charge in [-0.2, -0.15) is 0 Å². The van der Waals surface area contributed by atoms with Crippen molar-refractivity contribution in [2.24, 2.45) is 5.73 Å². The summed E-state index contributed by atoms with van der Waals surface area (Å²) in [6, 6.07) is 4.13. The summed E-state index contributed by atoms with van der Waals surface area (Å²) in [5.74, 6) is 0. The molecule has 88 valence electrons. The molecule has 1 saturated heterocycles. The Hall–Kier alpha value is -0.970. The van der Waals surface area contributed by atoms with Crippen LogP contribution in [0.1, 0.15) is 24.9 Å². The molecule has 1 aromatic rings. The van der Waals surface area contributed by atoms with Crippen molar-refractivity contribution in [1.29, 1.82) is 0 Å². The molecular formula is C12H19N3O. The first-order valence-electron chi connectivity index (χ1n) is 5.69. The van der Waals surface area contributed by atoms with Crippen LogP contribution < -0.4 is 5.73 Å². The van der Waals surface area contributed by atoms with Gasteiger partial charge in [0, 0.05) is 38.1 Å². The van der Waals surface area contributed by atoms with Gasteiger partial charge < -0.3 is 10.8 Å².